The van der Waals surface area contributed by atoms with E-state index in [2.05, 4.69) is 49.8 Å². The fraction of sp³-hybridized carbons (Fsp3) is 0.464. The lowest BCUT2D eigenvalue weighted by molar-refractivity contribution is -0.136. The molecule has 74 heavy (non-hydrogen) atoms. The predicted octanol–water partition coefficient (Wildman–Crippen LogP) is 9.88. The number of rotatable bonds is 13. The smallest absolute Gasteiger partial charge is 0.407 e. The molecule has 0 bridgehead atoms. The molecule has 10 rings (SSSR count). The van der Waals surface area contributed by atoms with E-state index >= 15 is 8.78 Å². The van der Waals surface area contributed by atoms with Gasteiger partial charge in [0.15, 0.2) is 11.6 Å². The van der Waals surface area contributed by atoms with E-state index in [1.54, 1.807) is 9.80 Å². The number of imidazole rings is 2. The van der Waals surface area contributed by atoms with Crippen molar-refractivity contribution in [1.82, 2.24) is 40.4 Å². The Bertz CT molecular complexity index is 2880. The van der Waals surface area contributed by atoms with E-state index in [0.717, 1.165) is 58.0 Å². The van der Waals surface area contributed by atoms with Gasteiger partial charge in [-0.3, -0.25) is 9.59 Å². The lowest BCUT2D eigenvalue weighted by atomic mass is 9.99. The standard InChI is InChI=1S/C56H66F2N10O6/c1-31(2)48(63-55(71)73-5)53(69)66-23-10-14-46(66)51-59-40-18-16-34(26-42(40)61-51)44-20-21-45(68(44)37-28-38(57)50(39(58)29-37)65-25-22-36(30-65)33-12-8-7-9-13-33)35-17-19-41-43(27-35)62-52(60-41)47-15-11-24-67(47)54(70)49(32(3)4)64-56(72)74-6/h7-9,12-13,16-19,26-29,31-32,36,44-49H,10-11,14-15,20-25,30H2,1-6H3,(H,59,61)(H,60,62)(H,63,71)(H,64,72)/t36?,44-,45-,46+,47+,48+,49+/m1/s1. The highest BCUT2D eigenvalue weighted by Crippen LogP contribution is 2.49. The summed E-state index contributed by atoms with van der Waals surface area (Å²) < 4.78 is 43.3. The monoisotopic (exact) mass is 1010 g/mol. The largest absolute Gasteiger partial charge is 0.453 e. The predicted molar refractivity (Wildman–Crippen MR) is 277 cm³/mol. The molecule has 0 aliphatic carbocycles. The van der Waals surface area contributed by atoms with Crippen molar-refractivity contribution < 1.29 is 37.4 Å². The summed E-state index contributed by atoms with van der Waals surface area (Å²) in [5.74, 6) is -0.517. The van der Waals surface area contributed by atoms with E-state index in [-0.39, 0.29) is 59.4 Å². The quantitative estimate of drug-likeness (QED) is 0.0870. The number of aromatic nitrogens is 4. The molecular formula is C56H66F2N10O6. The summed E-state index contributed by atoms with van der Waals surface area (Å²) in [4.78, 5) is 77.0. The summed E-state index contributed by atoms with van der Waals surface area (Å²) in [7, 11) is 2.55. The Balaban J connectivity index is 0.972. The summed E-state index contributed by atoms with van der Waals surface area (Å²) in [5.41, 5.74) is 6.42. The van der Waals surface area contributed by atoms with Crippen LogP contribution in [0.15, 0.2) is 78.9 Å². The molecule has 6 heterocycles. The molecule has 1 unspecified atom stereocenters. The van der Waals surface area contributed by atoms with Crippen LogP contribution in [0.2, 0.25) is 0 Å². The molecule has 4 aliphatic rings. The third-order valence-electron chi connectivity index (χ3n) is 15.8. The number of likely N-dealkylation sites (tertiary alicyclic amines) is 2. The van der Waals surface area contributed by atoms with Crippen molar-refractivity contribution in [2.75, 3.05) is 50.2 Å². The number of ether oxygens (including phenoxy) is 2. The number of benzene rings is 4. The van der Waals surface area contributed by atoms with E-state index < -0.39 is 35.9 Å². The van der Waals surface area contributed by atoms with Crippen LogP contribution in [0.4, 0.5) is 29.7 Å². The van der Waals surface area contributed by atoms with Gasteiger partial charge in [0, 0.05) is 37.8 Å². The molecule has 2 aromatic heterocycles. The zero-order valence-electron chi connectivity index (χ0n) is 42.9. The van der Waals surface area contributed by atoms with Crippen LogP contribution in [0.25, 0.3) is 22.1 Å². The van der Waals surface area contributed by atoms with Crippen molar-refractivity contribution >= 4 is 57.4 Å². The third kappa shape index (κ3) is 9.70. The molecule has 390 valence electrons. The molecule has 18 heteroatoms. The molecule has 4 aromatic carbocycles. The summed E-state index contributed by atoms with van der Waals surface area (Å²) in [6, 6.07) is 22.4. The number of amides is 4. The van der Waals surface area contributed by atoms with Crippen LogP contribution < -0.4 is 20.4 Å². The second-order valence-corrected chi connectivity index (χ2v) is 21.0. The highest BCUT2D eigenvalue weighted by molar-refractivity contribution is 5.88. The summed E-state index contributed by atoms with van der Waals surface area (Å²) in [5, 5.41) is 5.43. The number of H-pyrrole nitrogens is 2. The minimum Gasteiger partial charge on any atom is -0.453 e. The van der Waals surface area contributed by atoms with Crippen LogP contribution in [0.5, 0.6) is 0 Å². The second kappa shape index (κ2) is 20.9. The average Bonchev–Trinajstić information content (AvgIpc) is 4.26. The minimum atomic E-state index is -0.768. The van der Waals surface area contributed by atoms with Gasteiger partial charge in [-0.15, -0.1) is 0 Å². The Morgan fingerprint density at radius 2 is 1.09 bits per heavy atom. The maximum atomic E-state index is 16.8. The van der Waals surface area contributed by atoms with Crippen molar-refractivity contribution in [1.29, 1.82) is 0 Å². The Morgan fingerprint density at radius 3 is 1.55 bits per heavy atom. The van der Waals surface area contributed by atoms with Crippen molar-refractivity contribution in [2.45, 2.75) is 115 Å². The Kier molecular flexibility index (Phi) is 14.2. The summed E-state index contributed by atoms with van der Waals surface area (Å²) >= 11 is 0. The first-order valence-corrected chi connectivity index (χ1v) is 26.1. The van der Waals surface area contributed by atoms with E-state index in [4.69, 9.17) is 19.4 Å². The minimum absolute atomic E-state index is 0.0160. The Hall–Kier alpha value is -7.24. The molecule has 16 nitrogen and oxygen atoms in total. The van der Waals surface area contributed by atoms with Gasteiger partial charge in [-0.05, 0) is 110 Å². The molecule has 6 aromatic rings. The first kappa shape index (κ1) is 50.3. The van der Waals surface area contributed by atoms with Gasteiger partial charge >= 0.3 is 12.2 Å². The van der Waals surface area contributed by atoms with Gasteiger partial charge in [-0.25, -0.2) is 28.3 Å². The average molecular weight is 1010 g/mol. The number of fused-ring (bicyclic) bond motifs is 2. The van der Waals surface area contributed by atoms with Crippen LogP contribution in [-0.4, -0.2) is 106 Å². The van der Waals surface area contributed by atoms with E-state index in [1.807, 2.05) is 75.1 Å². The molecule has 0 saturated carbocycles. The first-order chi connectivity index (χ1) is 35.7. The highest BCUT2D eigenvalue weighted by atomic mass is 19.1. The van der Waals surface area contributed by atoms with E-state index in [1.165, 1.54) is 26.4 Å². The Labute approximate surface area is 429 Å². The van der Waals surface area contributed by atoms with Gasteiger partial charge in [0.1, 0.15) is 29.4 Å². The maximum Gasteiger partial charge on any atom is 0.407 e. The molecule has 4 saturated heterocycles. The SMILES string of the molecule is COC(=O)N[C@H](C(=O)N1CCC[C@H]1c1nc2ccc([C@H]3CC[C@H](c4ccc5nc([C@@H]6CCCN6C(=O)[C@@H](NC(=O)OC)C(C)C)[nH]c5c4)N3c3cc(F)c(N4CCC(c5ccccc5)C4)c(F)c3)cc2[nH]1)C(C)C. The van der Waals surface area contributed by atoms with Gasteiger partial charge in [0.2, 0.25) is 11.8 Å². The summed E-state index contributed by atoms with van der Waals surface area (Å²) in [6.07, 6.45) is 3.74. The topological polar surface area (TPSA) is 181 Å². The lowest BCUT2D eigenvalue weighted by Crippen LogP contribution is -2.51. The van der Waals surface area contributed by atoms with Gasteiger partial charge in [-0.1, -0.05) is 70.2 Å². The number of hydrogen-bond donors (Lipinski definition) is 4. The van der Waals surface area contributed by atoms with Crippen LogP contribution in [0.3, 0.4) is 0 Å². The number of anilines is 2. The van der Waals surface area contributed by atoms with E-state index in [9.17, 15) is 19.2 Å². The van der Waals surface area contributed by atoms with Gasteiger partial charge in [0.05, 0.1) is 60.5 Å². The first-order valence-electron chi connectivity index (χ1n) is 26.1. The van der Waals surface area contributed by atoms with Gasteiger partial charge in [0.25, 0.3) is 0 Å². The molecule has 0 radical (unpaired) electrons. The van der Waals surface area contributed by atoms with Gasteiger partial charge in [-0.2, -0.15) is 0 Å². The Morgan fingerprint density at radius 1 is 0.608 bits per heavy atom. The number of aromatic amines is 2. The second-order valence-electron chi connectivity index (χ2n) is 21.0. The van der Waals surface area contributed by atoms with Crippen LogP contribution in [0.1, 0.15) is 131 Å². The number of halogens is 2. The van der Waals surface area contributed by atoms with Crippen molar-refractivity contribution in [3.8, 4) is 0 Å². The number of alkyl carbamates (subject to hydrolysis) is 2. The molecule has 4 aliphatic heterocycles. The molecular weight excluding hydrogens is 947 g/mol. The number of nitrogens with one attached hydrogen (secondary N) is 4. The number of nitrogens with zero attached hydrogens (tertiary/aromatic N) is 6. The van der Waals surface area contributed by atoms with Crippen molar-refractivity contribution in [3.05, 3.63) is 119 Å². The fourth-order valence-electron chi connectivity index (χ4n) is 12.0. The van der Waals surface area contributed by atoms with Gasteiger partial charge < -0.3 is 49.7 Å². The molecule has 4 fully saturated rings. The molecule has 4 amide bonds. The third-order valence-corrected chi connectivity index (χ3v) is 15.8. The van der Waals surface area contributed by atoms with Crippen molar-refractivity contribution in [3.63, 3.8) is 0 Å². The number of hydrogen-bond acceptors (Lipinski definition) is 10. The maximum absolute atomic E-state index is 16.8. The van der Waals surface area contributed by atoms with Crippen LogP contribution in [-0.2, 0) is 19.1 Å². The number of carbonyl (C=O) groups is 4. The molecule has 7 atom stereocenters. The fourth-order valence-corrected chi connectivity index (χ4v) is 12.0. The number of carbonyl (C=O) groups excluding carboxylic acids is 4. The normalized spacial score (nSPS) is 21.8. The van der Waals surface area contributed by atoms with Crippen LogP contribution in [0, 0.1) is 23.5 Å². The van der Waals surface area contributed by atoms with Crippen LogP contribution >= 0.6 is 0 Å². The zero-order valence-corrected chi connectivity index (χ0v) is 42.9. The lowest BCUT2D eigenvalue weighted by Gasteiger charge is -2.34. The number of methoxy groups -OCH3 is 2. The zero-order chi connectivity index (χ0) is 51.9. The molecule has 4 N–H and O–H groups in total. The highest BCUT2D eigenvalue weighted by Gasteiger charge is 2.41. The summed E-state index contributed by atoms with van der Waals surface area (Å²) in [6.45, 7) is 9.62. The van der Waals surface area contributed by atoms with E-state index in [0.29, 0.717) is 69.2 Å². The van der Waals surface area contributed by atoms with Crippen molar-refractivity contribution in [2.24, 2.45) is 11.8 Å². The molecule has 0 spiro atoms.